The molecule has 0 unspecified atom stereocenters. The van der Waals surface area contributed by atoms with Gasteiger partial charge in [0.1, 0.15) is 22.5 Å². The standard InChI is InChI=1S/C37H41FN4O3S/c1-37(2,3)46(45)42-25-30-23-32(36(44)41-18-16-40(17-19-41)24-26-9-5-4-6-10-26)39-35(34(30)33(42)15-20-43)29-13-7-11-27(21-29)28-12-8-14-31(38)22-28/h4-14,21-23,33,43H,15-20,24-25H2,1-3H3/t33-,46-/m0/s1. The third kappa shape index (κ3) is 6.83. The van der Waals surface area contributed by atoms with Crippen molar-refractivity contribution in [1.29, 1.82) is 0 Å². The molecule has 1 amide bonds. The lowest BCUT2D eigenvalue weighted by Gasteiger charge is -2.34. The lowest BCUT2D eigenvalue weighted by atomic mass is 9.94. The third-order valence-electron chi connectivity index (χ3n) is 8.71. The molecule has 240 valence electrons. The second-order valence-electron chi connectivity index (χ2n) is 13.0. The summed E-state index contributed by atoms with van der Waals surface area (Å²) in [6.07, 6.45) is 0.379. The van der Waals surface area contributed by atoms with Gasteiger partial charge in [0, 0.05) is 57.0 Å². The zero-order valence-electron chi connectivity index (χ0n) is 26.7. The molecular formula is C37H41FN4O3S. The number of pyridine rings is 1. The smallest absolute Gasteiger partial charge is 0.272 e. The molecular weight excluding hydrogens is 599 g/mol. The van der Waals surface area contributed by atoms with Crippen molar-refractivity contribution in [2.45, 2.75) is 51.1 Å². The van der Waals surface area contributed by atoms with Gasteiger partial charge in [-0.1, -0.05) is 60.7 Å². The van der Waals surface area contributed by atoms with Gasteiger partial charge in [-0.05, 0) is 73.7 Å². The van der Waals surface area contributed by atoms with Crippen LogP contribution in [-0.4, -0.2) is 71.8 Å². The molecule has 7 nitrogen and oxygen atoms in total. The number of fused-ring (bicyclic) bond motifs is 1. The van der Waals surface area contributed by atoms with E-state index in [2.05, 4.69) is 17.0 Å². The van der Waals surface area contributed by atoms with Crippen molar-refractivity contribution in [2.24, 2.45) is 0 Å². The SMILES string of the molecule is CC(C)(C)[S@](=O)N1Cc2cc(C(=O)N3CCN(Cc4ccccc4)CC3)nc(-c3cccc(-c4cccc(F)c4)c3)c2[C@@H]1CCO. The largest absolute Gasteiger partial charge is 0.396 e. The normalized spacial score (nSPS) is 18.0. The van der Waals surface area contributed by atoms with Crippen molar-refractivity contribution in [3.63, 3.8) is 0 Å². The highest BCUT2D eigenvalue weighted by atomic mass is 32.2. The van der Waals surface area contributed by atoms with Gasteiger partial charge in [0.2, 0.25) is 0 Å². The van der Waals surface area contributed by atoms with E-state index in [-0.39, 0.29) is 24.4 Å². The minimum absolute atomic E-state index is 0.0847. The van der Waals surface area contributed by atoms with Crippen LogP contribution in [0.2, 0.25) is 0 Å². The zero-order valence-corrected chi connectivity index (χ0v) is 27.5. The maximum atomic E-state index is 14.1. The van der Waals surface area contributed by atoms with Crippen LogP contribution in [0, 0.1) is 5.82 Å². The van der Waals surface area contributed by atoms with E-state index >= 15 is 0 Å². The Hall–Kier alpha value is -3.76. The van der Waals surface area contributed by atoms with Gasteiger partial charge in [-0.3, -0.25) is 9.69 Å². The highest BCUT2D eigenvalue weighted by Gasteiger charge is 2.41. The van der Waals surface area contributed by atoms with Crippen LogP contribution in [0.15, 0.2) is 84.9 Å². The monoisotopic (exact) mass is 640 g/mol. The topological polar surface area (TPSA) is 77.0 Å². The van der Waals surface area contributed by atoms with E-state index in [4.69, 9.17) is 4.98 Å². The summed E-state index contributed by atoms with van der Waals surface area (Å²) in [6.45, 7) is 9.70. The summed E-state index contributed by atoms with van der Waals surface area (Å²) in [5, 5.41) is 10.1. The molecule has 2 atom stereocenters. The molecule has 1 aromatic heterocycles. The average molecular weight is 641 g/mol. The fourth-order valence-corrected chi connectivity index (χ4v) is 7.83. The van der Waals surface area contributed by atoms with Crippen molar-refractivity contribution >= 4 is 16.9 Å². The molecule has 1 fully saturated rings. The van der Waals surface area contributed by atoms with E-state index in [0.29, 0.717) is 37.4 Å². The van der Waals surface area contributed by atoms with Gasteiger partial charge < -0.3 is 10.0 Å². The van der Waals surface area contributed by atoms with Gasteiger partial charge in [-0.25, -0.2) is 17.9 Å². The Kier molecular flexibility index (Phi) is 9.47. The number of carbonyl (C=O) groups is 1. The molecule has 3 aromatic carbocycles. The van der Waals surface area contributed by atoms with Crippen LogP contribution < -0.4 is 0 Å². The number of nitrogens with zero attached hydrogens (tertiary/aromatic N) is 4. The van der Waals surface area contributed by atoms with Crippen molar-refractivity contribution < 1.29 is 18.5 Å². The number of amides is 1. The minimum atomic E-state index is -1.36. The minimum Gasteiger partial charge on any atom is -0.396 e. The molecule has 0 bridgehead atoms. The molecule has 0 spiro atoms. The van der Waals surface area contributed by atoms with Crippen LogP contribution in [0.3, 0.4) is 0 Å². The summed E-state index contributed by atoms with van der Waals surface area (Å²) in [4.78, 5) is 23.3. The van der Waals surface area contributed by atoms with Crippen LogP contribution in [0.1, 0.15) is 60.4 Å². The van der Waals surface area contributed by atoms with Crippen LogP contribution in [0.25, 0.3) is 22.4 Å². The molecule has 2 aliphatic rings. The van der Waals surface area contributed by atoms with E-state index in [1.54, 1.807) is 6.07 Å². The Morgan fingerprint density at radius 2 is 1.59 bits per heavy atom. The fraction of sp³-hybridized carbons (Fsp3) is 0.351. The molecule has 0 aliphatic carbocycles. The molecule has 9 heteroatoms. The van der Waals surface area contributed by atoms with E-state index in [1.807, 2.05) is 84.6 Å². The predicted molar refractivity (Wildman–Crippen MR) is 181 cm³/mol. The Labute approximate surface area is 273 Å². The van der Waals surface area contributed by atoms with Gasteiger partial charge in [0.25, 0.3) is 5.91 Å². The maximum absolute atomic E-state index is 14.1. The van der Waals surface area contributed by atoms with Gasteiger partial charge in [-0.15, -0.1) is 0 Å². The van der Waals surface area contributed by atoms with Crippen LogP contribution in [0.5, 0.6) is 0 Å². The first-order valence-electron chi connectivity index (χ1n) is 15.9. The molecule has 0 saturated carbocycles. The van der Waals surface area contributed by atoms with Crippen molar-refractivity contribution in [1.82, 2.24) is 19.1 Å². The lowest BCUT2D eigenvalue weighted by molar-refractivity contribution is 0.0622. The first kappa shape index (κ1) is 32.2. The quantitative estimate of drug-likeness (QED) is 0.248. The summed E-state index contributed by atoms with van der Waals surface area (Å²) < 4.78 is 29.3. The Morgan fingerprint density at radius 3 is 2.26 bits per heavy atom. The highest BCUT2D eigenvalue weighted by Crippen LogP contribution is 2.44. The van der Waals surface area contributed by atoms with Gasteiger partial charge in [-0.2, -0.15) is 0 Å². The fourth-order valence-electron chi connectivity index (χ4n) is 6.43. The summed E-state index contributed by atoms with van der Waals surface area (Å²) in [6, 6.07) is 26.1. The summed E-state index contributed by atoms with van der Waals surface area (Å²) in [5.41, 5.74) is 6.36. The molecule has 3 heterocycles. The van der Waals surface area contributed by atoms with Crippen LogP contribution in [0.4, 0.5) is 4.39 Å². The molecule has 1 N–H and O–H groups in total. The number of piperazine rings is 1. The van der Waals surface area contributed by atoms with E-state index < -0.39 is 15.7 Å². The summed E-state index contributed by atoms with van der Waals surface area (Å²) in [5.74, 6) is -0.444. The summed E-state index contributed by atoms with van der Waals surface area (Å²) in [7, 11) is -1.36. The van der Waals surface area contributed by atoms with Crippen molar-refractivity contribution in [2.75, 3.05) is 32.8 Å². The number of halogens is 1. The number of rotatable bonds is 8. The molecule has 46 heavy (non-hydrogen) atoms. The molecule has 0 radical (unpaired) electrons. The molecule has 4 aromatic rings. The van der Waals surface area contributed by atoms with Crippen LogP contribution in [-0.2, 0) is 24.1 Å². The predicted octanol–water partition coefficient (Wildman–Crippen LogP) is 6.21. The van der Waals surface area contributed by atoms with Gasteiger partial charge in [0.15, 0.2) is 0 Å². The second-order valence-corrected chi connectivity index (χ2v) is 15.2. The Morgan fingerprint density at radius 1 is 0.913 bits per heavy atom. The van der Waals surface area contributed by atoms with Crippen molar-refractivity contribution in [3.8, 4) is 22.4 Å². The van der Waals surface area contributed by atoms with Gasteiger partial charge >= 0.3 is 0 Å². The third-order valence-corrected chi connectivity index (χ3v) is 10.6. The number of aromatic nitrogens is 1. The number of aliphatic hydroxyl groups excluding tert-OH is 1. The average Bonchev–Trinajstić information content (AvgIpc) is 3.42. The number of carbonyl (C=O) groups excluding carboxylic acids is 1. The van der Waals surface area contributed by atoms with E-state index in [9.17, 15) is 18.5 Å². The summed E-state index contributed by atoms with van der Waals surface area (Å²) >= 11 is 0. The number of benzene rings is 3. The van der Waals surface area contributed by atoms with Gasteiger partial charge in [0.05, 0.1) is 16.5 Å². The second kappa shape index (κ2) is 13.5. The van der Waals surface area contributed by atoms with E-state index in [0.717, 1.165) is 47.5 Å². The van der Waals surface area contributed by atoms with Crippen molar-refractivity contribution in [3.05, 3.63) is 113 Å². The van der Waals surface area contributed by atoms with E-state index in [1.165, 1.54) is 17.7 Å². The first-order chi connectivity index (χ1) is 22.1. The number of aliphatic hydroxyl groups is 1. The first-order valence-corrected chi connectivity index (χ1v) is 17.0. The zero-order chi connectivity index (χ0) is 32.4. The molecule has 2 aliphatic heterocycles. The maximum Gasteiger partial charge on any atom is 0.272 e. The Bertz CT molecular complexity index is 1730. The van der Waals surface area contributed by atoms with Crippen LogP contribution >= 0.6 is 0 Å². The molecule has 6 rings (SSSR count). The number of hydrogen-bond acceptors (Lipinski definition) is 5. The highest BCUT2D eigenvalue weighted by molar-refractivity contribution is 7.84. The molecule has 1 saturated heterocycles. The Balaban J connectivity index is 1.37. The number of hydrogen-bond donors (Lipinski definition) is 1. The lowest BCUT2D eigenvalue weighted by Crippen LogP contribution is -2.48.